The van der Waals surface area contributed by atoms with Crippen LogP contribution in [0, 0.1) is 12.8 Å². The van der Waals surface area contributed by atoms with Gasteiger partial charge in [0.25, 0.3) is 0 Å². The van der Waals surface area contributed by atoms with E-state index in [1.807, 2.05) is 13.8 Å². The molecule has 1 aromatic rings. The Kier molecular flexibility index (Phi) is 4.89. The predicted molar refractivity (Wildman–Crippen MR) is 70.4 cm³/mol. The summed E-state index contributed by atoms with van der Waals surface area (Å²) in [4.78, 5) is 11.7. The van der Waals surface area contributed by atoms with Gasteiger partial charge in [-0.1, -0.05) is 13.8 Å². The van der Waals surface area contributed by atoms with Crippen molar-refractivity contribution in [3.05, 3.63) is 15.8 Å². The van der Waals surface area contributed by atoms with Gasteiger partial charge < -0.3 is 4.74 Å². The van der Waals surface area contributed by atoms with E-state index in [0.29, 0.717) is 12.1 Å². The second kappa shape index (κ2) is 5.81. The molecule has 18 heavy (non-hydrogen) atoms. The van der Waals surface area contributed by atoms with Crippen LogP contribution in [0.5, 0.6) is 0 Å². The lowest BCUT2D eigenvalue weighted by Gasteiger charge is -2.10. The Hall–Kier alpha value is -0.920. The van der Waals surface area contributed by atoms with Gasteiger partial charge in [0.05, 0.1) is 7.11 Å². The molecule has 0 bridgehead atoms. The van der Waals surface area contributed by atoms with E-state index < -0.39 is 16.0 Å². The minimum Gasteiger partial charge on any atom is -0.465 e. The molecular formula is C11H17NO4S2. The van der Waals surface area contributed by atoms with Crippen molar-refractivity contribution in [3.8, 4) is 0 Å². The molecule has 0 saturated carbocycles. The van der Waals surface area contributed by atoms with Gasteiger partial charge in [0.1, 0.15) is 9.77 Å². The van der Waals surface area contributed by atoms with Crippen molar-refractivity contribution >= 4 is 27.3 Å². The van der Waals surface area contributed by atoms with Crippen molar-refractivity contribution in [1.29, 1.82) is 0 Å². The van der Waals surface area contributed by atoms with Gasteiger partial charge in [-0.2, -0.15) is 0 Å². The number of ether oxygens (including phenoxy) is 1. The first-order valence-electron chi connectivity index (χ1n) is 5.45. The van der Waals surface area contributed by atoms with Crippen molar-refractivity contribution in [2.24, 2.45) is 5.92 Å². The fraction of sp³-hybridized carbons (Fsp3) is 0.545. The fourth-order valence-electron chi connectivity index (χ4n) is 1.35. The standard InChI is InChI=1S/C11H17NO4S2/c1-7(2)5-12-18(14,15)10-8(3)6-17-9(10)11(13)16-4/h6-7,12H,5H2,1-4H3. The number of thiophene rings is 1. The van der Waals surface area contributed by atoms with E-state index in [4.69, 9.17) is 0 Å². The minimum absolute atomic E-state index is 0.0278. The lowest BCUT2D eigenvalue weighted by Crippen LogP contribution is -2.28. The molecule has 0 aliphatic carbocycles. The monoisotopic (exact) mass is 291 g/mol. The van der Waals surface area contributed by atoms with Gasteiger partial charge in [0.15, 0.2) is 0 Å². The Bertz CT molecular complexity index is 531. The molecule has 7 heteroatoms. The molecule has 102 valence electrons. The van der Waals surface area contributed by atoms with Crippen molar-refractivity contribution in [2.75, 3.05) is 13.7 Å². The molecule has 0 spiro atoms. The van der Waals surface area contributed by atoms with E-state index in [9.17, 15) is 13.2 Å². The summed E-state index contributed by atoms with van der Waals surface area (Å²) in [6.07, 6.45) is 0. The highest BCUT2D eigenvalue weighted by Crippen LogP contribution is 2.27. The topological polar surface area (TPSA) is 72.5 Å². The number of rotatable bonds is 5. The number of aryl methyl sites for hydroxylation is 1. The predicted octanol–water partition coefficient (Wildman–Crippen LogP) is 1.78. The van der Waals surface area contributed by atoms with Crippen molar-refractivity contribution in [2.45, 2.75) is 25.7 Å². The maximum atomic E-state index is 12.1. The molecule has 1 rings (SSSR count). The van der Waals surface area contributed by atoms with Gasteiger partial charge >= 0.3 is 5.97 Å². The minimum atomic E-state index is -3.67. The summed E-state index contributed by atoms with van der Waals surface area (Å²) in [5.41, 5.74) is 0.552. The maximum Gasteiger partial charge on any atom is 0.349 e. The van der Waals surface area contributed by atoms with Gasteiger partial charge in [0.2, 0.25) is 10.0 Å². The third-order valence-electron chi connectivity index (χ3n) is 2.24. The van der Waals surface area contributed by atoms with E-state index in [1.165, 1.54) is 7.11 Å². The van der Waals surface area contributed by atoms with E-state index >= 15 is 0 Å². The van der Waals surface area contributed by atoms with Crippen LogP contribution in [0.3, 0.4) is 0 Å². The average molecular weight is 291 g/mol. The van der Waals surface area contributed by atoms with E-state index in [1.54, 1.807) is 12.3 Å². The lowest BCUT2D eigenvalue weighted by molar-refractivity contribution is 0.0602. The number of hydrogen-bond acceptors (Lipinski definition) is 5. The second-order valence-electron chi connectivity index (χ2n) is 4.31. The zero-order valence-electron chi connectivity index (χ0n) is 10.8. The van der Waals surface area contributed by atoms with E-state index in [0.717, 1.165) is 11.3 Å². The molecule has 0 saturated heterocycles. The number of methoxy groups -OCH3 is 1. The molecule has 5 nitrogen and oxygen atoms in total. The summed E-state index contributed by atoms with van der Waals surface area (Å²) in [6, 6.07) is 0. The number of esters is 1. The van der Waals surface area contributed by atoms with Crippen LogP contribution in [-0.2, 0) is 14.8 Å². The molecule has 1 heterocycles. The van der Waals surface area contributed by atoms with Gasteiger partial charge in [-0.15, -0.1) is 11.3 Å². The quantitative estimate of drug-likeness (QED) is 0.839. The Labute approximate surface area is 111 Å². The smallest absolute Gasteiger partial charge is 0.349 e. The molecular weight excluding hydrogens is 274 g/mol. The molecule has 0 aliphatic heterocycles. The number of nitrogens with one attached hydrogen (secondary N) is 1. The Morgan fingerprint density at radius 3 is 2.61 bits per heavy atom. The third kappa shape index (κ3) is 3.30. The summed E-state index contributed by atoms with van der Waals surface area (Å²) < 4.78 is 31.4. The van der Waals surface area contributed by atoms with Crippen LogP contribution in [0.2, 0.25) is 0 Å². The van der Waals surface area contributed by atoms with E-state index in [2.05, 4.69) is 9.46 Å². The average Bonchev–Trinajstić information content (AvgIpc) is 2.68. The molecule has 0 unspecified atom stereocenters. The highest BCUT2D eigenvalue weighted by molar-refractivity contribution is 7.89. The van der Waals surface area contributed by atoms with Crippen molar-refractivity contribution in [3.63, 3.8) is 0 Å². The molecule has 0 fully saturated rings. The van der Waals surface area contributed by atoms with Crippen LogP contribution in [0.4, 0.5) is 0 Å². The summed E-state index contributed by atoms with van der Waals surface area (Å²) in [6.45, 7) is 5.81. The highest BCUT2D eigenvalue weighted by atomic mass is 32.2. The van der Waals surface area contributed by atoms with Crippen molar-refractivity contribution < 1.29 is 17.9 Å². The molecule has 1 N–H and O–H groups in total. The van der Waals surface area contributed by atoms with Crippen LogP contribution in [0.25, 0.3) is 0 Å². The van der Waals surface area contributed by atoms with Crippen LogP contribution < -0.4 is 4.72 Å². The Balaban J connectivity index is 3.15. The van der Waals surface area contributed by atoms with Crippen LogP contribution in [0.1, 0.15) is 29.1 Å². The number of carbonyl (C=O) groups is 1. The fourth-order valence-corrected chi connectivity index (χ4v) is 4.26. The molecule has 0 amide bonds. The molecule has 0 radical (unpaired) electrons. The Morgan fingerprint density at radius 1 is 1.50 bits per heavy atom. The zero-order valence-corrected chi connectivity index (χ0v) is 12.4. The first-order chi connectivity index (χ1) is 8.29. The number of hydrogen-bond donors (Lipinski definition) is 1. The van der Waals surface area contributed by atoms with Crippen LogP contribution in [-0.4, -0.2) is 28.0 Å². The van der Waals surface area contributed by atoms with Gasteiger partial charge in [-0.3, -0.25) is 0 Å². The number of carbonyl (C=O) groups excluding carboxylic acids is 1. The molecule has 0 aromatic carbocycles. The Morgan fingerprint density at radius 2 is 2.11 bits per heavy atom. The SMILES string of the molecule is COC(=O)c1scc(C)c1S(=O)(=O)NCC(C)C. The summed E-state index contributed by atoms with van der Waals surface area (Å²) in [7, 11) is -2.44. The summed E-state index contributed by atoms with van der Waals surface area (Å²) >= 11 is 1.08. The highest BCUT2D eigenvalue weighted by Gasteiger charge is 2.27. The van der Waals surface area contributed by atoms with Gasteiger partial charge in [-0.25, -0.2) is 17.9 Å². The maximum absolute atomic E-state index is 12.1. The molecule has 0 atom stereocenters. The van der Waals surface area contributed by atoms with E-state index in [-0.39, 0.29) is 15.7 Å². The first kappa shape index (κ1) is 15.1. The van der Waals surface area contributed by atoms with Gasteiger partial charge in [0, 0.05) is 6.54 Å². The third-order valence-corrected chi connectivity index (χ3v) is 5.06. The second-order valence-corrected chi connectivity index (χ2v) is 6.90. The normalized spacial score (nSPS) is 11.8. The van der Waals surface area contributed by atoms with Crippen LogP contribution in [0.15, 0.2) is 10.3 Å². The number of sulfonamides is 1. The molecule has 0 aliphatic rings. The largest absolute Gasteiger partial charge is 0.465 e. The van der Waals surface area contributed by atoms with Gasteiger partial charge in [-0.05, 0) is 23.8 Å². The molecule has 1 aromatic heterocycles. The first-order valence-corrected chi connectivity index (χ1v) is 7.82. The van der Waals surface area contributed by atoms with Crippen molar-refractivity contribution in [1.82, 2.24) is 4.72 Å². The zero-order chi connectivity index (χ0) is 13.9. The summed E-state index contributed by atoms with van der Waals surface area (Å²) in [5.74, 6) is -0.432. The van der Waals surface area contributed by atoms with Crippen LogP contribution >= 0.6 is 11.3 Å². The summed E-state index contributed by atoms with van der Waals surface area (Å²) in [5, 5.41) is 1.64. The lowest BCUT2D eigenvalue weighted by atomic mass is 10.2.